The summed E-state index contributed by atoms with van der Waals surface area (Å²) in [5, 5.41) is 3.80. The Labute approximate surface area is 96.1 Å². The first kappa shape index (κ1) is 10.2. The zero-order chi connectivity index (χ0) is 10.7. The average molecular weight is 239 g/mol. The summed E-state index contributed by atoms with van der Waals surface area (Å²) in [6.45, 7) is 0. The van der Waals surface area contributed by atoms with Gasteiger partial charge in [-0.3, -0.25) is 0 Å². The van der Waals surface area contributed by atoms with Gasteiger partial charge in [0.05, 0.1) is 10.6 Å². The van der Waals surface area contributed by atoms with Crippen molar-refractivity contribution in [3.8, 4) is 5.75 Å². The second-order valence-corrected chi connectivity index (χ2v) is 3.99. The Morgan fingerprint density at radius 1 is 1.20 bits per heavy atom. The molecule has 0 radical (unpaired) electrons. The molecule has 0 unspecified atom stereocenters. The molecule has 0 aliphatic rings. The molecule has 0 spiro atoms. The lowest BCUT2D eigenvalue weighted by molar-refractivity contribution is 0.0735. The summed E-state index contributed by atoms with van der Waals surface area (Å²) >= 11 is 7.18. The Balaban J connectivity index is 2.15. The molecule has 2 nitrogen and oxygen atoms in total. The number of carbonyl (C=O) groups excluding carboxylic acids is 1. The molecule has 0 atom stereocenters. The van der Waals surface area contributed by atoms with E-state index >= 15 is 0 Å². The third-order valence-corrected chi connectivity index (χ3v) is 2.97. The SMILES string of the molecule is O=C(Oc1ccccc1)c1cscc1Cl. The molecule has 0 bridgehead atoms. The number of hydrogen-bond donors (Lipinski definition) is 0. The molecule has 0 saturated heterocycles. The van der Waals surface area contributed by atoms with Crippen molar-refractivity contribution in [1.29, 1.82) is 0 Å². The van der Waals surface area contributed by atoms with Crippen molar-refractivity contribution in [3.63, 3.8) is 0 Å². The lowest BCUT2D eigenvalue weighted by atomic mass is 10.3. The molecule has 1 aromatic carbocycles. The number of halogens is 1. The fourth-order valence-corrected chi connectivity index (χ4v) is 2.10. The van der Waals surface area contributed by atoms with Crippen LogP contribution in [-0.2, 0) is 0 Å². The standard InChI is InChI=1S/C11H7ClO2S/c12-10-7-15-6-9(10)11(13)14-8-4-2-1-3-5-8/h1-7H. The molecule has 1 heterocycles. The van der Waals surface area contributed by atoms with Crippen molar-refractivity contribution >= 4 is 28.9 Å². The van der Waals surface area contributed by atoms with Crippen LogP contribution in [0.3, 0.4) is 0 Å². The van der Waals surface area contributed by atoms with E-state index in [9.17, 15) is 4.79 Å². The minimum absolute atomic E-state index is 0.408. The van der Waals surface area contributed by atoms with Crippen LogP contribution in [0.1, 0.15) is 10.4 Å². The Hall–Kier alpha value is -1.32. The van der Waals surface area contributed by atoms with E-state index in [2.05, 4.69) is 0 Å². The van der Waals surface area contributed by atoms with Gasteiger partial charge in [-0.1, -0.05) is 29.8 Å². The van der Waals surface area contributed by atoms with E-state index in [0.717, 1.165) is 0 Å². The van der Waals surface area contributed by atoms with E-state index in [1.165, 1.54) is 11.3 Å². The van der Waals surface area contributed by atoms with E-state index < -0.39 is 5.97 Å². The number of hydrogen-bond acceptors (Lipinski definition) is 3. The second-order valence-electron chi connectivity index (χ2n) is 2.84. The maximum absolute atomic E-state index is 11.6. The smallest absolute Gasteiger partial charge is 0.345 e. The van der Waals surface area contributed by atoms with E-state index in [1.54, 1.807) is 35.0 Å². The van der Waals surface area contributed by atoms with Crippen LogP contribution in [0.25, 0.3) is 0 Å². The van der Waals surface area contributed by atoms with Gasteiger partial charge in [0, 0.05) is 10.8 Å². The maximum Gasteiger partial charge on any atom is 0.345 e. The van der Waals surface area contributed by atoms with E-state index in [0.29, 0.717) is 16.3 Å². The Kier molecular flexibility index (Phi) is 3.04. The molecule has 0 aliphatic carbocycles. The van der Waals surface area contributed by atoms with Gasteiger partial charge in [-0.2, -0.15) is 0 Å². The van der Waals surface area contributed by atoms with Gasteiger partial charge >= 0.3 is 5.97 Å². The van der Waals surface area contributed by atoms with Crippen LogP contribution in [0.4, 0.5) is 0 Å². The largest absolute Gasteiger partial charge is 0.423 e. The first-order valence-electron chi connectivity index (χ1n) is 4.26. The van der Waals surface area contributed by atoms with Crippen LogP contribution in [0.15, 0.2) is 41.1 Å². The zero-order valence-corrected chi connectivity index (χ0v) is 9.22. The molecule has 2 rings (SSSR count). The average Bonchev–Trinajstić information content (AvgIpc) is 2.66. The molecule has 4 heteroatoms. The third-order valence-electron chi connectivity index (χ3n) is 1.79. The van der Waals surface area contributed by atoms with Crippen molar-refractivity contribution < 1.29 is 9.53 Å². The Bertz CT molecular complexity index is 464. The highest BCUT2D eigenvalue weighted by Crippen LogP contribution is 2.22. The predicted molar refractivity (Wildman–Crippen MR) is 60.7 cm³/mol. The molecule has 0 amide bonds. The minimum atomic E-state index is -0.424. The number of esters is 1. The van der Waals surface area contributed by atoms with Gasteiger partial charge in [0.15, 0.2) is 0 Å². The molecule has 15 heavy (non-hydrogen) atoms. The summed E-state index contributed by atoms with van der Waals surface area (Å²) in [5.41, 5.74) is 0.408. The highest BCUT2D eigenvalue weighted by atomic mass is 35.5. The van der Waals surface area contributed by atoms with Gasteiger partial charge in [0.25, 0.3) is 0 Å². The lowest BCUT2D eigenvalue weighted by Crippen LogP contribution is -2.07. The molecule has 2 aromatic rings. The number of thiophene rings is 1. The summed E-state index contributed by atoms with van der Waals surface area (Å²) in [6, 6.07) is 8.90. The summed E-state index contributed by atoms with van der Waals surface area (Å²) in [7, 11) is 0. The molecule has 76 valence electrons. The van der Waals surface area contributed by atoms with E-state index in [-0.39, 0.29) is 0 Å². The second kappa shape index (κ2) is 4.47. The molecule has 0 N–H and O–H groups in total. The van der Waals surface area contributed by atoms with Crippen molar-refractivity contribution in [3.05, 3.63) is 51.7 Å². The fraction of sp³-hybridized carbons (Fsp3) is 0. The molecular formula is C11H7ClO2S. The minimum Gasteiger partial charge on any atom is -0.423 e. The predicted octanol–water partition coefficient (Wildman–Crippen LogP) is 3.62. The van der Waals surface area contributed by atoms with Crippen LogP contribution in [0.2, 0.25) is 5.02 Å². The first-order valence-corrected chi connectivity index (χ1v) is 5.58. The van der Waals surface area contributed by atoms with Crippen LogP contribution in [-0.4, -0.2) is 5.97 Å². The molecule has 0 fully saturated rings. The summed E-state index contributed by atoms with van der Waals surface area (Å²) in [6.07, 6.45) is 0. The quantitative estimate of drug-likeness (QED) is 0.590. The van der Waals surface area contributed by atoms with Crippen molar-refractivity contribution in [1.82, 2.24) is 0 Å². The van der Waals surface area contributed by atoms with Crippen LogP contribution >= 0.6 is 22.9 Å². The Morgan fingerprint density at radius 2 is 1.93 bits per heavy atom. The zero-order valence-electron chi connectivity index (χ0n) is 7.64. The summed E-state index contributed by atoms with van der Waals surface area (Å²) in [5.74, 6) is 0.0946. The van der Waals surface area contributed by atoms with Crippen LogP contribution < -0.4 is 4.74 Å². The van der Waals surface area contributed by atoms with Gasteiger partial charge in [-0.05, 0) is 12.1 Å². The van der Waals surface area contributed by atoms with Gasteiger partial charge < -0.3 is 4.74 Å². The molecule has 0 saturated carbocycles. The van der Waals surface area contributed by atoms with Gasteiger partial charge in [0.1, 0.15) is 5.75 Å². The lowest BCUT2D eigenvalue weighted by Gasteiger charge is -2.02. The number of para-hydroxylation sites is 1. The maximum atomic E-state index is 11.6. The van der Waals surface area contributed by atoms with Crippen molar-refractivity contribution in [2.75, 3.05) is 0 Å². The number of ether oxygens (including phenoxy) is 1. The van der Waals surface area contributed by atoms with Gasteiger partial charge in [0.2, 0.25) is 0 Å². The third kappa shape index (κ3) is 2.37. The number of benzene rings is 1. The van der Waals surface area contributed by atoms with E-state index in [4.69, 9.17) is 16.3 Å². The highest BCUT2D eigenvalue weighted by Gasteiger charge is 2.13. The van der Waals surface area contributed by atoms with Crippen LogP contribution in [0.5, 0.6) is 5.75 Å². The summed E-state index contributed by atoms with van der Waals surface area (Å²) in [4.78, 5) is 11.6. The van der Waals surface area contributed by atoms with E-state index in [1.807, 2.05) is 6.07 Å². The fourth-order valence-electron chi connectivity index (χ4n) is 1.08. The molecular weight excluding hydrogens is 232 g/mol. The molecule has 0 aliphatic heterocycles. The number of carbonyl (C=O) groups is 1. The Morgan fingerprint density at radius 3 is 2.53 bits per heavy atom. The van der Waals surface area contributed by atoms with Crippen molar-refractivity contribution in [2.24, 2.45) is 0 Å². The van der Waals surface area contributed by atoms with Crippen LogP contribution in [0, 0.1) is 0 Å². The topological polar surface area (TPSA) is 26.3 Å². The monoisotopic (exact) mass is 238 g/mol. The first-order chi connectivity index (χ1) is 7.27. The summed E-state index contributed by atoms with van der Waals surface area (Å²) < 4.78 is 5.12. The highest BCUT2D eigenvalue weighted by molar-refractivity contribution is 7.08. The molecule has 1 aromatic heterocycles. The van der Waals surface area contributed by atoms with Gasteiger partial charge in [-0.15, -0.1) is 11.3 Å². The van der Waals surface area contributed by atoms with Gasteiger partial charge in [-0.25, -0.2) is 4.79 Å². The number of rotatable bonds is 2. The van der Waals surface area contributed by atoms with Crippen molar-refractivity contribution in [2.45, 2.75) is 0 Å². The normalized spacial score (nSPS) is 9.93.